The van der Waals surface area contributed by atoms with E-state index in [1.807, 2.05) is 56.0 Å². The van der Waals surface area contributed by atoms with Crippen LogP contribution < -0.4 is 10.1 Å². The molecule has 2 aromatic rings. The number of nitrogens with one attached hydrogen (secondary N) is 1. The van der Waals surface area contributed by atoms with Gasteiger partial charge in [0.2, 0.25) is 0 Å². The Balaban J connectivity index is 1.52. The number of ether oxygens (including phenoxy) is 2. The molecule has 0 bridgehead atoms. The van der Waals surface area contributed by atoms with Crippen molar-refractivity contribution < 1.29 is 14.3 Å². The lowest BCUT2D eigenvalue weighted by Gasteiger charge is -2.29. The first-order valence-electron chi connectivity index (χ1n) is 10.9. The molecule has 7 nitrogen and oxygen atoms in total. The fraction of sp³-hybridized carbons (Fsp3) is 0.565. The summed E-state index contributed by atoms with van der Waals surface area (Å²) in [6.45, 7) is 9.28. The molecular weight excluding hydrogens is 380 g/mol. The average Bonchev–Trinajstić information content (AvgIpc) is 3.33. The number of carbonyl (C=O) groups excluding carboxylic acids is 1. The molecule has 30 heavy (non-hydrogen) atoms. The Morgan fingerprint density at radius 1 is 1.30 bits per heavy atom. The van der Waals surface area contributed by atoms with Crippen LogP contribution in [0.5, 0.6) is 5.75 Å². The summed E-state index contributed by atoms with van der Waals surface area (Å²) in [5.74, 6) is 0.864. The molecular formula is C23H32N4O3. The van der Waals surface area contributed by atoms with Crippen molar-refractivity contribution in [2.24, 2.45) is 0 Å². The molecule has 1 fully saturated rings. The summed E-state index contributed by atoms with van der Waals surface area (Å²) < 4.78 is 13.7. The highest BCUT2D eigenvalue weighted by Crippen LogP contribution is 2.36. The Hall–Kier alpha value is -2.54. The van der Waals surface area contributed by atoms with Crippen molar-refractivity contribution >= 4 is 6.03 Å². The van der Waals surface area contributed by atoms with Crippen molar-refractivity contribution in [3.8, 4) is 5.75 Å². The van der Waals surface area contributed by atoms with Gasteiger partial charge in [0.25, 0.3) is 0 Å². The Morgan fingerprint density at radius 3 is 2.87 bits per heavy atom. The van der Waals surface area contributed by atoms with Crippen LogP contribution in [0.15, 0.2) is 30.3 Å². The third-order valence-corrected chi connectivity index (χ3v) is 5.55. The number of para-hydroxylation sites is 1. The van der Waals surface area contributed by atoms with E-state index in [-0.39, 0.29) is 17.6 Å². The molecule has 0 spiro atoms. The van der Waals surface area contributed by atoms with Gasteiger partial charge in [0.05, 0.1) is 31.5 Å². The number of urea groups is 1. The van der Waals surface area contributed by atoms with Gasteiger partial charge in [-0.05, 0) is 45.7 Å². The molecule has 1 atom stereocenters. The van der Waals surface area contributed by atoms with E-state index < -0.39 is 0 Å². The molecule has 3 heterocycles. The minimum absolute atomic E-state index is 0.000841. The first-order chi connectivity index (χ1) is 14.4. The second kappa shape index (κ2) is 8.68. The maximum absolute atomic E-state index is 12.9. The number of benzene rings is 1. The van der Waals surface area contributed by atoms with E-state index >= 15 is 0 Å². The predicted octanol–water partition coefficient (Wildman–Crippen LogP) is 3.68. The van der Waals surface area contributed by atoms with Crippen LogP contribution >= 0.6 is 0 Å². The summed E-state index contributed by atoms with van der Waals surface area (Å²) in [5.41, 5.74) is 3.10. The van der Waals surface area contributed by atoms with Crippen LogP contribution in [0.2, 0.25) is 0 Å². The summed E-state index contributed by atoms with van der Waals surface area (Å²) in [6, 6.07) is 9.82. The Kier molecular flexibility index (Phi) is 5.99. The zero-order valence-corrected chi connectivity index (χ0v) is 18.2. The third kappa shape index (κ3) is 4.61. The van der Waals surface area contributed by atoms with Crippen molar-refractivity contribution in [3.63, 3.8) is 0 Å². The zero-order chi connectivity index (χ0) is 21.1. The molecule has 0 saturated carbocycles. The number of nitrogens with zero attached hydrogens (tertiary/aromatic N) is 3. The van der Waals surface area contributed by atoms with Gasteiger partial charge in [0.15, 0.2) is 0 Å². The number of hydrogen-bond acceptors (Lipinski definition) is 4. The minimum atomic E-state index is -0.263. The molecule has 1 aromatic heterocycles. The number of hydrogen-bond donors (Lipinski definition) is 1. The van der Waals surface area contributed by atoms with Crippen LogP contribution in [0.3, 0.4) is 0 Å². The fourth-order valence-corrected chi connectivity index (χ4v) is 4.24. The van der Waals surface area contributed by atoms with Gasteiger partial charge in [-0.25, -0.2) is 4.79 Å². The van der Waals surface area contributed by atoms with Gasteiger partial charge in [-0.2, -0.15) is 5.10 Å². The molecule has 1 unspecified atom stereocenters. The standard InChI is InChI=1S/C23H32N4O3/c1-23(2,3)24-22(28)26-12-7-10-20(26)21-18-16-29-14-11-19(18)27(25-21)13-15-30-17-8-5-4-6-9-17/h4-6,8-9,20H,7,10-16H2,1-3H3,(H,24,28). The lowest BCUT2D eigenvalue weighted by Crippen LogP contribution is -2.48. The normalized spacial score (nSPS) is 18.9. The molecule has 2 amide bonds. The zero-order valence-electron chi connectivity index (χ0n) is 18.2. The molecule has 1 aromatic carbocycles. The lowest BCUT2D eigenvalue weighted by atomic mass is 10.0. The lowest BCUT2D eigenvalue weighted by molar-refractivity contribution is 0.107. The van der Waals surface area contributed by atoms with Gasteiger partial charge < -0.3 is 19.7 Å². The smallest absolute Gasteiger partial charge is 0.318 e. The van der Waals surface area contributed by atoms with Gasteiger partial charge >= 0.3 is 6.03 Å². The number of amides is 2. The van der Waals surface area contributed by atoms with Crippen LogP contribution in [-0.4, -0.2) is 46.0 Å². The monoisotopic (exact) mass is 412 g/mol. The van der Waals surface area contributed by atoms with Crippen LogP contribution in [0, 0.1) is 0 Å². The second-order valence-electron chi connectivity index (χ2n) is 9.03. The Labute approximate surface area is 178 Å². The van der Waals surface area contributed by atoms with E-state index in [4.69, 9.17) is 14.6 Å². The fourth-order valence-electron chi connectivity index (χ4n) is 4.24. The predicted molar refractivity (Wildman–Crippen MR) is 114 cm³/mol. The largest absolute Gasteiger partial charge is 0.492 e. The highest BCUT2D eigenvalue weighted by Gasteiger charge is 2.36. The third-order valence-electron chi connectivity index (χ3n) is 5.55. The molecule has 7 heteroatoms. The van der Waals surface area contributed by atoms with Crippen molar-refractivity contribution in [3.05, 3.63) is 47.3 Å². The summed E-state index contributed by atoms with van der Waals surface area (Å²) in [4.78, 5) is 14.8. The van der Waals surface area contributed by atoms with Gasteiger partial charge in [0.1, 0.15) is 12.4 Å². The van der Waals surface area contributed by atoms with Gasteiger partial charge in [-0.15, -0.1) is 0 Å². The Morgan fingerprint density at radius 2 is 2.10 bits per heavy atom. The summed E-state index contributed by atoms with van der Waals surface area (Å²) in [5, 5.41) is 8.07. The number of rotatable bonds is 5. The number of fused-ring (bicyclic) bond motifs is 1. The maximum Gasteiger partial charge on any atom is 0.318 e. The molecule has 4 rings (SSSR count). The van der Waals surface area contributed by atoms with Gasteiger partial charge in [-0.1, -0.05) is 18.2 Å². The number of likely N-dealkylation sites (tertiary alicyclic amines) is 1. The first kappa shape index (κ1) is 20.7. The van der Waals surface area contributed by atoms with Crippen LogP contribution in [0.1, 0.15) is 56.6 Å². The van der Waals surface area contributed by atoms with E-state index in [2.05, 4.69) is 10.00 Å². The second-order valence-corrected chi connectivity index (χ2v) is 9.03. The molecule has 2 aliphatic rings. The summed E-state index contributed by atoms with van der Waals surface area (Å²) >= 11 is 0. The Bertz CT molecular complexity index is 873. The average molecular weight is 413 g/mol. The van der Waals surface area contributed by atoms with Crippen LogP contribution in [0.25, 0.3) is 0 Å². The molecule has 0 aliphatic carbocycles. The summed E-state index contributed by atoms with van der Waals surface area (Å²) in [7, 11) is 0. The number of carbonyl (C=O) groups is 1. The van der Waals surface area contributed by atoms with Crippen LogP contribution in [0.4, 0.5) is 4.79 Å². The highest BCUT2D eigenvalue weighted by molar-refractivity contribution is 5.75. The summed E-state index contributed by atoms with van der Waals surface area (Å²) in [6.07, 6.45) is 2.76. The minimum Gasteiger partial charge on any atom is -0.492 e. The highest BCUT2D eigenvalue weighted by atomic mass is 16.5. The van der Waals surface area contributed by atoms with Gasteiger partial charge in [0, 0.05) is 29.8 Å². The topological polar surface area (TPSA) is 68.6 Å². The molecule has 1 saturated heterocycles. The van der Waals surface area contributed by atoms with Crippen LogP contribution in [-0.2, 0) is 24.3 Å². The SMILES string of the molecule is CC(C)(C)NC(=O)N1CCCC1c1nn(CCOc2ccccc2)c2c1COCC2. The van der Waals surface area contributed by atoms with Crippen molar-refractivity contribution in [1.82, 2.24) is 20.0 Å². The van der Waals surface area contributed by atoms with E-state index in [0.29, 0.717) is 26.4 Å². The van der Waals surface area contributed by atoms with Gasteiger partial charge in [-0.3, -0.25) is 4.68 Å². The molecule has 0 radical (unpaired) electrons. The van der Waals surface area contributed by atoms with Crippen molar-refractivity contribution in [2.45, 2.75) is 64.8 Å². The first-order valence-corrected chi connectivity index (χ1v) is 10.9. The maximum atomic E-state index is 12.9. The van der Waals surface area contributed by atoms with E-state index in [1.54, 1.807) is 0 Å². The van der Waals surface area contributed by atoms with E-state index in [9.17, 15) is 4.79 Å². The molecule has 162 valence electrons. The van der Waals surface area contributed by atoms with Crippen molar-refractivity contribution in [2.75, 3.05) is 19.8 Å². The number of aromatic nitrogens is 2. The van der Waals surface area contributed by atoms with Crippen molar-refractivity contribution in [1.29, 1.82) is 0 Å². The molecule has 1 N–H and O–H groups in total. The quantitative estimate of drug-likeness (QED) is 0.813. The van der Waals surface area contributed by atoms with E-state index in [1.165, 1.54) is 5.69 Å². The van der Waals surface area contributed by atoms with E-state index in [0.717, 1.165) is 42.8 Å². The molecule has 2 aliphatic heterocycles.